The molecule has 39 heavy (non-hydrogen) atoms. The first-order valence-corrected chi connectivity index (χ1v) is 13.4. The lowest BCUT2D eigenvalue weighted by Gasteiger charge is -2.28. The highest BCUT2D eigenvalue weighted by Gasteiger charge is 2.21. The second-order valence-electron chi connectivity index (χ2n) is 10.7. The highest BCUT2D eigenvalue weighted by molar-refractivity contribution is 6.30. The van der Waals surface area contributed by atoms with Gasteiger partial charge >= 0.3 is 6.16 Å². The van der Waals surface area contributed by atoms with Crippen LogP contribution in [0.3, 0.4) is 0 Å². The molecule has 0 fully saturated rings. The number of benzene rings is 3. The predicted molar refractivity (Wildman–Crippen MR) is 152 cm³/mol. The smallest absolute Gasteiger partial charge is 0.449 e. The number of aliphatic hydroxyl groups is 1. The SMILES string of the molecule is CC(C)c1cc(-c2ccccc2C(C)OC[C@H](O)CNC(C)(C)Cc2ccc(Cl)c(F)c2)ccc1OC(=O)O. The number of hydrogen-bond acceptors (Lipinski definition) is 5. The summed E-state index contributed by atoms with van der Waals surface area (Å²) < 4.78 is 24.8. The summed E-state index contributed by atoms with van der Waals surface area (Å²) in [6, 6.07) is 18.1. The fourth-order valence-corrected chi connectivity index (χ4v) is 4.61. The summed E-state index contributed by atoms with van der Waals surface area (Å²) in [4.78, 5) is 11.1. The molecule has 210 valence electrons. The Morgan fingerprint density at radius 1 is 1.05 bits per heavy atom. The van der Waals surface area contributed by atoms with Crippen molar-refractivity contribution in [1.29, 1.82) is 0 Å². The van der Waals surface area contributed by atoms with Gasteiger partial charge < -0.3 is 25.0 Å². The van der Waals surface area contributed by atoms with Gasteiger partial charge in [0.15, 0.2) is 0 Å². The minimum atomic E-state index is -1.35. The van der Waals surface area contributed by atoms with Crippen molar-refractivity contribution in [2.45, 2.75) is 64.7 Å². The van der Waals surface area contributed by atoms with Crippen LogP contribution in [0.2, 0.25) is 5.02 Å². The van der Waals surface area contributed by atoms with E-state index >= 15 is 0 Å². The van der Waals surface area contributed by atoms with Crippen LogP contribution in [0.15, 0.2) is 60.7 Å². The van der Waals surface area contributed by atoms with E-state index in [9.17, 15) is 14.3 Å². The van der Waals surface area contributed by atoms with Crippen molar-refractivity contribution in [1.82, 2.24) is 5.32 Å². The lowest BCUT2D eigenvalue weighted by Crippen LogP contribution is -2.46. The molecule has 0 bridgehead atoms. The maximum Gasteiger partial charge on any atom is 0.511 e. The van der Waals surface area contributed by atoms with Crippen LogP contribution in [0, 0.1) is 5.82 Å². The van der Waals surface area contributed by atoms with Gasteiger partial charge in [0.05, 0.1) is 23.8 Å². The molecule has 8 heteroatoms. The van der Waals surface area contributed by atoms with Crippen molar-refractivity contribution in [3.63, 3.8) is 0 Å². The average Bonchev–Trinajstić information content (AvgIpc) is 2.88. The van der Waals surface area contributed by atoms with Crippen LogP contribution in [0.5, 0.6) is 5.75 Å². The van der Waals surface area contributed by atoms with E-state index in [0.29, 0.717) is 18.7 Å². The van der Waals surface area contributed by atoms with Crippen LogP contribution in [0.4, 0.5) is 9.18 Å². The average molecular weight is 558 g/mol. The lowest BCUT2D eigenvalue weighted by atomic mass is 9.92. The van der Waals surface area contributed by atoms with Crippen molar-refractivity contribution in [3.05, 3.63) is 88.2 Å². The number of carbonyl (C=O) groups is 1. The molecule has 2 atom stereocenters. The summed E-state index contributed by atoms with van der Waals surface area (Å²) >= 11 is 5.78. The monoisotopic (exact) mass is 557 g/mol. The van der Waals surface area contributed by atoms with E-state index in [-0.39, 0.29) is 29.2 Å². The topological polar surface area (TPSA) is 88.0 Å². The molecule has 3 rings (SSSR count). The zero-order valence-corrected chi connectivity index (χ0v) is 23.8. The third-order valence-corrected chi connectivity index (χ3v) is 6.83. The normalized spacial score (nSPS) is 13.4. The Morgan fingerprint density at radius 3 is 2.44 bits per heavy atom. The number of hydrogen-bond donors (Lipinski definition) is 3. The zero-order chi connectivity index (χ0) is 28.7. The molecule has 0 aliphatic carbocycles. The molecule has 0 radical (unpaired) electrons. The summed E-state index contributed by atoms with van der Waals surface area (Å²) in [5.41, 5.74) is 4.05. The summed E-state index contributed by atoms with van der Waals surface area (Å²) in [6.07, 6.45) is -1.84. The number of halogens is 2. The van der Waals surface area contributed by atoms with Gasteiger partial charge in [0.1, 0.15) is 11.6 Å². The maximum absolute atomic E-state index is 13.8. The Bertz CT molecular complexity index is 1280. The van der Waals surface area contributed by atoms with E-state index in [0.717, 1.165) is 27.8 Å². The lowest BCUT2D eigenvalue weighted by molar-refractivity contribution is -0.00397. The number of nitrogens with one attached hydrogen (secondary N) is 1. The third kappa shape index (κ3) is 8.77. The second kappa shape index (κ2) is 13.4. The Labute approximate surface area is 234 Å². The predicted octanol–water partition coefficient (Wildman–Crippen LogP) is 7.38. The van der Waals surface area contributed by atoms with E-state index < -0.39 is 18.1 Å². The molecule has 0 aromatic heterocycles. The van der Waals surface area contributed by atoms with Gasteiger partial charge in [-0.3, -0.25) is 0 Å². The van der Waals surface area contributed by atoms with E-state index in [1.54, 1.807) is 18.2 Å². The van der Waals surface area contributed by atoms with Crippen molar-refractivity contribution >= 4 is 17.8 Å². The molecule has 0 heterocycles. The van der Waals surface area contributed by atoms with Gasteiger partial charge in [-0.25, -0.2) is 9.18 Å². The van der Waals surface area contributed by atoms with Crippen LogP contribution in [0.1, 0.15) is 63.3 Å². The number of carboxylic acid groups (broad SMARTS) is 1. The summed E-state index contributed by atoms with van der Waals surface area (Å²) in [5.74, 6) is -0.0637. The number of ether oxygens (including phenoxy) is 2. The molecular formula is C31H37ClFNO5. The van der Waals surface area contributed by atoms with E-state index in [2.05, 4.69) is 5.32 Å². The van der Waals surface area contributed by atoms with Crippen LogP contribution in [-0.2, 0) is 11.2 Å². The van der Waals surface area contributed by atoms with Gasteiger partial charge in [-0.1, -0.05) is 61.8 Å². The van der Waals surface area contributed by atoms with Crippen molar-refractivity contribution in [2.24, 2.45) is 0 Å². The first-order valence-electron chi connectivity index (χ1n) is 13.0. The van der Waals surface area contributed by atoms with Crippen molar-refractivity contribution in [2.75, 3.05) is 13.2 Å². The summed E-state index contributed by atoms with van der Waals surface area (Å²) in [6.45, 7) is 10.3. The number of β-amino-alcohol motifs (C(OH)–C–C–N with tert-alkyl or cyclic N) is 1. The Hall–Kier alpha value is -2.97. The minimum absolute atomic E-state index is 0.0609. The third-order valence-electron chi connectivity index (χ3n) is 6.52. The molecule has 0 spiro atoms. The van der Waals surface area contributed by atoms with Gasteiger partial charge in [0.2, 0.25) is 0 Å². The largest absolute Gasteiger partial charge is 0.511 e. The van der Waals surface area contributed by atoms with Crippen molar-refractivity contribution < 1.29 is 28.9 Å². The maximum atomic E-state index is 13.8. The first kappa shape index (κ1) is 30.6. The molecule has 1 unspecified atom stereocenters. The molecule has 0 aliphatic heterocycles. The molecule has 6 nitrogen and oxygen atoms in total. The van der Waals surface area contributed by atoms with Crippen LogP contribution in [-0.4, -0.2) is 41.2 Å². The summed E-state index contributed by atoms with van der Waals surface area (Å²) in [5, 5.41) is 23.1. The van der Waals surface area contributed by atoms with Gasteiger partial charge in [0, 0.05) is 12.1 Å². The first-order chi connectivity index (χ1) is 18.4. The molecular weight excluding hydrogens is 521 g/mol. The quantitative estimate of drug-likeness (QED) is 0.159. The minimum Gasteiger partial charge on any atom is -0.449 e. The van der Waals surface area contributed by atoms with Crippen LogP contribution < -0.4 is 10.1 Å². The number of aliphatic hydroxyl groups excluding tert-OH is 1. The molecule has 3 N–H and O–H groups in total. The molecule has 0 amide bonds. The number of rotatable bonds is 12. The van der Waals surface area contributed by atoms with Crippen molar-refractivity contribution in [3.8, 4) is 16.9 Å². The fourth-order valence-electron chi connectivity index (χ4n) is 4.49. The van der Waals surface area contributed by atoms with E-state index in [1.807, 2.05) is 71.0 Å². The van der Waals surface area contributed by atoms with Crippen LogP contribution in [0.25, 0.3) is 11.1 Å². The van der Waals surface area contributed by atoms with Gasteiger partial charge in [-0.2, -0.15) is 0 Å². The molecule has 0 saturated carbocycles. The van der Waals surface area contributed by atoms with Gasteiger partial charge in [-0.05, 0) is 85.2 Å². The highest BCUT2D eigenvalue weighted by atomic mass is 35.5. The standard InChI is InChI=1S/C31H37ClFNO5/c1-19(2)26-15-22(11-13-29(26)39-30(36)37)25-9-7-6-8-24(25)20(3)38-18-23(35)17-34-31(4,5)16-21-10-12-27(32)28(33)14-21/h6-15,19-20,23,34-35H,16-18H2,1-5H3,(H,36,37)/t20?,23-/m1/s1. The fraction of sp³-hybridized carbons (Fsp3) is 0.387. The second-order valence-corrected chi connectivity index (χ2v) is 11.1. The van der Waals surface area contributed by atoms with Gasteiger partial charge in [0.25, 0.3) is 0 Å². The Morgan fingerprint density at radius 2 is 1.77 bits per heavy atom. The van der Waals surface area contributed by atoms with E-state index in [1.165, 1.54) is 6.07 Å². The molecule has 0 aliphatic rings. The molecule has 0 saturated heterocycles. The Balaban J connectivity index is 1.63. The zero-order valence-electron chi connectivity index (χ0n) is 23.0. The van der Waals surface area contributed by atoms with Gasteiger partial charge in [-0.15, -0.1) is 0 Å². The molecule has 3 aromatic rings. The highest BCUT2D eigenvalue weighted by Crippen LogP contribution is 2.35. The van der Waals surface area contributed by atoms with E-state index in [4.69, 9.17) is 26.2 Å². The Kier molecular flexibility index (Phi) is 10.5. The van der Waals surface area contributed by atoms with Crippen LogP contribution >= 0.6 is 11.6 Å². The molecule has 3 aromatic carbocycles. The summed E-state index contributed by atoms with van der Waals surface area (Å²) in [7, 11) is 0.